The molecule has 1 fully saturated rings. The first kappa shape index (κ1) is 15.1. The Hall–Kier alpha value is -1.82. The van der Waals surface area contributed by atoms with Crippen molar-refractivity contribution in [3.63, 3.8) is 0 Å². The van der Waals surface area contributed by atoms with Gasteiger partial charge in [-0.2, -0.15) is 18.3 Å². The molecular weight excluding hydrogens is 317 g/mol. The molecule has 1 saturated carbocycles. The fourth-order valence-corrected chi connectivity index (χ4v) is 2.51. The lowest BCUT2D eigenvalue weighted by molar-refractivity contribution is -0.137. The van der Waals surface area contributed by atoms with E-state index in [9.17, 15) is 18.0 Å². The first-order valence-electron chi connectivity index (χ1n) is 6.77. The van der Waals surface area contributed by atoms with Gasteiger partial charge in [0.25, 0.3) is 0 Å². The predicted octanol–water partition coefficient (Wildman–Crippen LogP) is 4.29. The smallest absolute Gasteiger partial charge is 0.296 e. The Balaban J connectivity index is 1.88. The molecule has 7 heteroatoms. The van der Waals surface area contributed by atoms with E-state index in [4.69, 9.17) is 11.6 Å². The van der Waals surface area contributed by atoms with Crippen LogP contribution in [0.2, 0.25) is 5.02 Å². The van der Waals surface area contributed by atoms with Crippen molar-refractivity contribution in [2.24, 2.45) is 0 Å². The van der Waals surface area contributed by atoms with E-state index in [1.54, 1.807) is 6.07 Å². The lowest BCUT2D eigenvalue weighted by Crippen LogP contribution is -2.09. The molecule has 116 valence electrons. The second-order valence-electron chi connectivity index (χ2n) is 5.35. The zero-order valence-electron chi connectivity index (χ0n) is 11.4. The molecule has 0 unspecified atom stereocenters. The molecule has 0 N–H and O–H groups in total. The summed E-state index contributed by atoms with van der Waals surface area (Å²) in [6, 6.07) is 4.91. The summed E-state index contributed by atoms with van der Waals surface area (Å²) in [5.74, 6) is 0.392. The molecule has 2 aromatic rings. The lowest BCUT2D eigenvalue weighted by atomic mass is 10.1. The van der Waals surface area contributed by atoms with Crippen molar-refractivity contribution in [2.45, 2.75) is 31.5 Å². The highest BCUT2D eigenvalue weighted by atomic mass is 35.5. The third-order valence-electron chi connectivity index (χ3n) is 3.65. The van der Waals surface area contributed by atoms with Crippen LogP contribution in [0.1, 0.15) is 46.1 Å². The molecule has 0 atom stereocenters. The van der Waals surface area contributed by atoms with Gasteiger partial charge in [0, 0.05) is 10.9 Å². The maximum Gasteiger partial charge on any atom is 0.416 e. The van der Waals surface area contributed by atoms with Crippen LogP contribution in [0.3, 0.4) is 0 Å². The number of hydrogen-bond donors (Lipinski definition) is 0. The summed E-state index contributed by atoms with van der Waals surface area (Å²) in [4.78, 5) is 11.1. The molecule has 1 aliphatic rings. The third kappa shape index (κ3) is 3.02. The third-order valence-corrected chi connectivity index (χ3v) is 4.00. The van der Waals surface area contributed by atoms with Crippen LogP contribution in [-0.2, 0) is 12.7 Å². The van der Waals surface area contributed by atoms with Gasteiger partial charge in [-0.25, -0.2) is 0 Å². The summed E-state index contributed by atoms with van der Waals surface area (Å²) in [5.41, 5.74) is 0.946. The molecule has 1 aromatic carbocycles. The summed E-state index contributed by atoms with van der Waals surface area (Å²) >= 11 is 5.93. The largest absolute Gasteiger partial charge is 0.416 e. The minimum Gasteiger partial charge on any atom is -0.296 e. The van der Waals surface area contributed by atoms with Crippen LogP contribution in [0.15, 0.2) is 24.3 Å². The number of aldehydes is 1. The minimum absolute atomic E-state index is 0.00939. The molecule has 3 rings (SSSR count). The van der Waals surface area contributed by atoms with Gasteiger partial charge < -0.3 is 0 Å². The van der Waals surface area contributed by atoms with Gasteiger partial charge in [-0.1, -0.05) is 17.7 Å². The van der Waals surface area contributed by atoms with E-state index in [1.165, 1.54) is 10.7 Å². The molecule has 0 radical (unpaired) electrons. The van der Waals surface area contributed by atoms with Gasteiger partial charge in [-0.05, 0) is 36.6 Å². The van der Waals surface area contributed by atoms with Crippen LogP contribution < -0.4 is 0 Å². The normalized spacial score (nSPS) is 15.1. The fraction of sp³-hybridized carbons (Fsp3) is 0.333. The van der Waals surface area contributed by atoms with Crippen molar-refractivity contribution < 1.29 is 18.0 Å². The van der Waals surface area contributed by atoms with Crippen LogP contribution in [0.5, 0.6) is 0 Å². The van der Waals surface area contributed by atoms with Crippen LogP contribution in [-0.4, -0.2) is 16.1 Å². The number of rotatable bonds is 4. The molecule has 0 bridgehead atoms. The predicted molar refractivity (Wildman–Crippen MR) is 75.1 cm³/mol. The molecule has 1 aliphatic carbocycles. The Morgan fingerprint density at radius 1 is 1.32 bits per heavy atom. The molecular formula is C15H12ClF3N2O. The summed E-state index contributed by atoms with van der Waals surface area (Å²) < 4.78 is 39.3. The van der Waals surface area contributed by atoms with Gasteiger partial charge in [0.15, 0.2) is 6.29 Å². The van der Waals surface area contributed by atoms with Gasteiger partial charge >= 0.3 is 6.18 Å². The molecule has 0 amide bonds. The Morgan fingerprint density at radius 3 is 2.59 bits per heavy atom. The minimum atomic E-state index is -4.43. The zero-order chi connectivity index (χ0) is 15.9. The SMILES string of the molecule is O=Cc1cc(C2CC2)nn1Cc1ccc(C(F)(F)F)cc1Cl. The van der Waals surface area contributed by atoms with Gasteiger partial charge in [-0.3, -0.25) is 9.48 Å². The van der Waals surface area contributed by atoms with Crippen LogP contribution in [0, 0.1) is 0 Å². The Labute approximate surface area is 129 Å². The number of carbonyl (C=O) groups excluding carboxylic acids is 1. The number of halogens is 4. The number of hydrogen-bond acceptors (Lipinski definition) is 2. The summed E-state index contributed by atoms with van der Waals surface area (Å²) in [5, 5.41) is 4.36. The monoisotopic (exact) mass is 328 g/mol. The molecule has 22 heavy (non-hydrogen) atoms. The van der Waals surface area contributed by atoms with E-state index >= 15 is 0 Å². The highest BCUT2D eigenvalue weighted by Crippen LogP contribution is 2.39. The quantitative estimate of drug-likeness (QED) is 0.785. The first-order chi connectivity index (χ1) is 10.4. The number of aromatic nitrogens is 2. The van der Waals surface area contributed by atoms with Crippen molar-refractivity contribution in [2.75, 3.05) is 0 Å². The molecule has 0 spiro atoms. The van der Waals surface area contributed by atoms with E-state index in [0.29, 0.717) is 23.5 Å². The van der Waals surface area contributed by atoms with Gasteiger partial charge in [0.05, 0.1) is 17.8 Å². The number of nitrogens with zero attached hydrogens (tertiary/aromatic N) is 2. The second kappa shape index (κ2) is 5.43. The average Bonchev–Trinajstić information content (AvgIpc) is 3.22. The van der Waals surface area contributed by atoms with E-state index in [-0.39, 0.29) is 11.6 Å². The van der Waals surface area contributed by atoms with Crippen molar-refractivity contribution >= 4 is 17.9 Å². The van der Waals surface area contributed by atoms with Crippen molar-refractivity contribution in [1.82, 2.24) is 9.78 Å². The first-order valence-corrected chi connectivity index (χ1v) is 7.15. The number of alkyl halides is 3. The Kier molecular flexibility index (Phi) is 3.72. The lowest BCUT2D eigenvalue weighted by Gasteiger charge is -2.10. The van der Waals surface area contributed by atoms with Crippen molar-refractivity contribution in [3.8, 4) is 0 Å². The topological polar surface area (TPSA) is 34.9 Å². The van der Waals surface area contributed by atoms with Gasteiger partial charge in [0.2, 0.25) is 0 Å². The van der Waals surface area contributed by atoms with Crippen LogP contribution in [0.4, 0.5) is 13.2 Å². The maximum absolute atomic E-state index is 12.6. The van der Waals surface area contributed by atoms with E-state index in [1.807, 2.05) is 0 Å². The van der Waals surface area contributed by atoms with Crippen LogP contribution in [0.25, 0.3) is 0 Å². The van der Waals surface area contributed by atoms with E-state index < -0.39 is 11.7 Å². The Bertz CT molecular complexity index is 720. The van der Waals surface area contributed by atoms with E-state index in [2.05, 4.69) is 5.10 Å². The number of benzene rings is 1. The number of carbonyl (C=O) groups is 1. The summed E-state index contributed by atoms with van der Waals surface area (Å²) in [6.07, 6.45) is -1.63. The zero-order valence-corrected chi connectivity index (χ0v) is 12.2. The standard InChI is InChI=1S/C15H12ClF3N2O/c16-13-5-11(15(17,18)19)4-3-10(13)7-21-12(8-22)6-14(20-21)9-1-2-9/h3-6,8-9H,1-2,7H2. The molecule has 0 aliphatic heterocycles. The maximum atomic E-state index is 12.6. The van der Waals surface area contributed by atoms with Crippen LogP contribution >= 0.6 is 11.6 Å². The van der Waals surface area contributed by atoms with Gasteiger partial charge in [-0.15, -0.1) is 0 Å². The van der Waals surface area contributed by atoms with E-state index in [0.717, 1.165) is 30.7 Å². The molecule has 3 nitrogen and oxygen atoms in total. The highest BCUT2D eigenvalue weighted by molar-refractivity contribution is 6.31. The second-order valence-corrected chi connectivity index (χ2v) is 5.75. The molecule has 1 heterocycles. The summed E-state index contributed by atoms with van der Waals surface area (Å²) in [7, 11) is 0. The summed E-state index contributed by atoms with van der Waals surface area (Å²) in [6.45, 7) is 0.164. The van der Waals surface area contributed by atoms with Crippen molar-refractivity contribution in [1.29, 1.82) is 0 Å². The molecule has 0 saturated heterocycles. The molecule has 1 aromatic heterocycles. The Morgan fingerprint density at radius 2 is 2.05 bits per heavy atom. The van der Waals surface area contributed by atoms with Crippen molar-refractivity contribution in [3.05, 3.63) is 51.8 Å². The fourth-order valence-electron chi connectivity index (χ4n) is 2.27. The van der Waals surface area contributed by atoms with Gasteiger partial charge in [0.1, 0.15) is 5.69 Å². The average molecular weight is 329 g/mol. The highest BCUT2D eigenvalue weighted by Gasteiger charge is 2.31.